The van der Waals surface area contributed by atoms with Gasteiger partial charge in [-0.3, -0.25) is 0 Å². The molecule has 0 N–H and O–H groups in total. The largest absolute Gasteiger partial charge is 0.304 e. The summed E-state index contributed by atoms with van der Waals surface area (Å²) in [7, 11) is 0. The first-order chi connectivity index (χ1) is 1.41. The molecule has 25 valence electrons. The Morgan fingerprint density at radius 3 is 1.25 bits per heavy atom. The second-order valence-corrected chi connectivity index (χ2v) is 3.71. The molecular formula is CHI2V-. The molecule has 0 fully saturated rings. The van der Waals surface area contributed by atoms with Gasteiger partial charge in [-0.15, -0.1) is 0 Å². The Bertz CT molecular complexity index is 6.00. The molecule has 0 aromatic rings. The van der Waals surface area contributed by atoms with Gasteiger partial charge < -0.3 is 45.2 Å². The quantitative estimate of drug-likeness (QED) is 0.473. The molecule has 0 spiro atoms. The van der Waals surface area contributed by atoms with E-state index in [1.807, 2.05) is 2.43 Å². The summed E-state index contributed by atoms with van der Waals surface area (Å²) in [6.07, 6.45) is 0. The fourth-order valence-electron chi connectivity index (χ4n) is 0. The van der Waals surface area contributed by atoms with Gasteiger partial charge in [0.05, 0.1) is 0 Å². The molecule has 0 aliphatic heterocycles. The van der Waals surface area contributed by atoms with Gasteiger partial charge in [-0.05, 0) is 0 Å². The number of halogens is 2. The van der Waals surface area contributed by atoms with Crippen LogP contribution in [0.5, 0.6) is 0 Å². The summed E-state index contributed by atoms with van der Waals surface area (Å²) in [5.74, 6) is 0. The van der Waals surface area contributed by atoms with E-state index in [2.05, 4.69) is 45.2 Å². The molecule has 0 bridgehead atoms. The first-order valence-electron chi connectivity index (χ1n) is 0.436. The number of hydrogen-bond acceptors (Lipinski definition) is 0. The molecule has 0 atom stereocenters. The molecule has 0 nitrogen and oxygen atoms in total. The van der Waals surface area contributed by atoms with Crippen LogP contribution in [0.3, 0.4) is 0 Å². The van der Waals surface area contributed by atoms with Crippen molar-refractivity contribution in [2.75, 3.05) is 0 Å². The summed E-state index contributed by atoms with van der Waals surface area (Å²) in [6, 6.07) is 0. The van der Waals surface area contributed by atoms with Crippen LogP contribution in [0.1, 0.15) is 0 Å². The van der Waals surface area contributed by atoms with E-state index < -0.39 is 0 Å². The average Bonchev–Trinajstić information content (AvgIpc) is 0.918. The zero-order chi connectivity index (χ0) is 2.71. The number of rotatable bonds is 0. The van der Waals surface area contributed by atoms with E-state index in [1.165, 1.54) is 0 Å². The third kappa shape index (κ3) is 8.97. The molecule has 0 rings (SSSR count). The Labute approximate surface area is 65.3 Å². The van der Waals surface area contributed by atoms with E-state index in [4.69, 9.17) is 0 Å². The van der Waals surface area contributed by atoms with Crippen molar-refractivity contribution in [2.45, 2.75) is 0 Å². The van der Waals surface area contributed by atoms with E-state index in [0.717, 1.165) is 0 Å². The molecule has 0 saturated carbocycles. The molecule has 1 radical (unpaired) electrons. The summed E-state index contributed by atoms with van der Waals surface area (Å²) in [6.45, 7) is 0. The van der Waals surface area contributed by atoms with Gasteiger partial charge in [0, 0.05) is 18.6 Å². The van der Waals surface area contributed by atoms with Crippen molar-refractivity contribution in [3.8, 4) is 0 Å². The molecule has 0 aliphatic carbocycles. The topological polar surface area (TPSA) is 0 Å². The Morgan fingerprint density at radius 1 is 1.25 bits per heavy atom. The normalized spacial score (nSPS) is 4.50. The molecule has 4 heavy (non-hydrogen) atoms. The summed E-state index contributed by atoms with van der Waals surface area (Å²) in [5.41, 5.74) is 0. The molecule has 0 saturated heterocycles. The van der Waals surface area contributed by atoms with Gasteiger partial charge in [0.2, 0.25) is 0 Å². The third-order valence-corrected chi connectivity index (χ3v) is 0. The summed E-state index contributed by atoms with van der Waals surface area (Å²) >= 11 is 4.30. The van der Waals surface area contributed by atoms with Gasteiger partial charge in [0.25, 0.3) is 0 Å². The maximum atomic E-state index is 2.15. The summed E-state index contributed by atoms with van der Waals surface area (Å²) < 4.78 is 1.94. The molecule has 0 aliphatic rings. The van der Waals surface area contributed by atoms with Crippen LogP contribution in [0.2, 0.25) is 0 Å². The minimum Gasteiger partial charge on any atom is -0.304 e. The maximum absolute atomic E-state index is 2.15. The van der Waals surface area contributed by atoms with E-state index >= 15 is 0 Å². The minimum atomic E-state index is 0. The van der Waals surface area contributed by atoms with Crippen molar-refractivity contribution in [3.63, 3.8) is 0 Å². The summed E-state index contributed by atoms with van der Waals surface area (Å²) in [5, 5.41) is 0. The van der Waals surface area contributed by atoms with Crippen LogP contribution in [-0.4, -0.2) is 0 Å². The Hall–Kier alpha value is 2.04. The predicted molar refractivity (Wildman–Crippen MR) is 32.3 cm³/mol. The van der Waals surface area contributed by atoms with Crippen molar-refractivity contribution in [2.24, 2.45) is 0 Å². The molecule has 0 heterocycles. The van der Waals surface area contributed by atoms with Crippen LogP contribution in [0.4, 0.5) is 0 Å². The van der Waals surface area contributed by atoms with Crippen molar-refractivity contribution in [3.05, 3.63) is 2.43 Å². The average molecular weight is 318 g/mol. The Kier molecular flexibility index (Phi) is 20.9. The van der Waals surface area contributed by atoms with Crippen molar-refractivity contribution < 1.29 is 18.6 Å². The molecule has 0 amide bonds. The molecule has 3 heteroatoms. The van der Waals surface area contributed by atoms with Crippen LogP contribution < -0.4 is 0 Å². The zero-order valence-corrected chi connectivity index (χ0v) is 7.49. The van der Waals surface area contributed by atoms with Gasteiger partial charge >= 0.3 is 0 Å². The van der Waals surface area contributed by atoms with Crippen molar-refractivity contribution >= 4 is 45.2 Å². The van der Waals surface area contributed by atoms with Crippen LogP contribution in [0.15, 0.2) is 0 Å². The standard InChI is InChI=1S/CHI2.V/c2-1-3;/h1H;/q-1;. The van der Waals surface area contributed by atoms with Gasteiger partial charge in [-0.25, -0.2) is 2.43 Å². The first kappa shape index (κ1) is 9.40. The second kappa shape index (κ2) is 8.90. The van der Waals surface area contributed by atoms with Crippen LogP contribution >= 0.6 is 45.2 Å². The molecule has 0 aromatic carbocycles. The van der Waals surface area contributed by atoms with Gasteiger partial charge in [-0.2, -0.15) is 0 Å². The van der Waals surface area contributed by atoms with E-state index in [-0.39, 0.29) is 18.6 Å². The van der Waals surface area contributed by atoms with E-state index in [0.29, 0.717) is 0 Å². The maximum Gasteiger partial charge on any atom is 0 e. The van der Waals surface area contributed by atoms with Gasteiger partial charge in [0.15, 0.2) is 0 Å². The van der Waals surface area contributed by atoms with Crippen LogP contribution in [-0.2, 0) is 18.6 Å². The van der Waals surface area contributed by atoms with Crippen LogP contribution in [0, 0.1) is 2.43 Å². The molecular weight excluding hydrogens is 317 g/mol. The smallest absolute Gasteiger partial charge is 0 e. The Balaban J connectivity index is 0. The Morgan fingerprint density at radius 2 is 1.25 bits per heavy atom. The first-order valence-corrected chi connectivity index (χ1v) is 2.93. The number of hydrogen-bond donors (Lipinski definition) is 0. The summed E-state index contributed by atoms with van der Waals surface area (Å²) in [4.78, 5) is 0. The predicted octanol–water partition coefficient (Wildman–Crippen LogP) is 1.97. The second-order valence-electron chi connectivity index (χ2n) is 0.0825. The zero-order valence-electron chi connectivity index (χ0n) is 1.78. The minimum absolute atomic E-state index is 0. The fraction of sp³-hybridized carbons (Fsp3) is 0. The molecule has 0 aromatic heterocycles. The SMILES string of the molecule is I[CH-]I.[V]. The van der Waals surface area contributed by atoms with Crippen molar-refractivity contribution in [1.82, 2.24) is 0 Å². The third-order valence-electron chi connectivity index (χ3n) is 0. The fourth-order valence-corrected chi connectivity index (χ4v) is 0. The molecule has 0 unspecified atom stereocenters. The van der Waals surface area contributed by atoms with Gasteiger partial charge in [0.1, 0.15) is 0 Å². The van der Waals surface area contributed by atoms with E-state index in [9.17, 15) is 0 Å². The van der Waals surface area contributed by atoms with E-state index in [1.54, 1.807) is 0 Å². The monoisotopic (exact) mass is 318 g/mol. The van der Waals surface area contributed by atoms with Gasteiger partial charge in [-0.1, -0.05) is 0 Å². The van der Waals surface area contributed by atoms with Crippen molar-refractivity contribution in [1.29, 1.82) is 0 Å². The van der Waals surface area contributed by atoms with Crippen LogP contribution in [0.25, 0.3) is 0 Å².